The minimum Gasteiger partial charge on any atom is -0.511 e. The van der Waals surface area contributed by atoms with Gasteiger partial charge in [-0.15, -0.1) is 0 Å². The molecule has 118 valence electrons. The van der Waals surface area contributed by atoms with Crippen molar-refractivity contribution in [2.24, 2.45) is 5.73 Å². The molecule has 2 atom stereocenters. The van der Waals surface area contributed by atoms with E-state index in [1.54, 1.807) is 18.9 Å². The Morgan fingerprint density at radius 2 is 1.90 bits per heavy atom. The molecule has 20 heavy (non-hydrogen) atoms. The number of hydrogen-bond donors (Lipinski definition) is 3. The molecule has 0 saturated heterocycles. The van der Waals surface area contributed by atoms with Crippen LogP contribution in [0, 0.1) is 0 Å². The second-order valence-electron chi connectivity index (χ2n) is 4.40. The molecule has 0 aliphatic carbocycles. The highest BCUT2D eigenvalue weighted by molar-refractivity contribution is 5.82. The zero-order valence-electron chi connectivity index (χ0n) is 13.6. The lowest BCUT2D eigenvalue weighted by Crippen LogP contribution is -2.47. The molecule has 0 aromatic rings. The lowest BCUT2D eigenvalue weighted by Gasteiger charge is -2.28. The van der Waals surface area contributed by atoms with E-state index in [1.807, 2.05) is 20.8 Å². The van der Waals surface area contributed by atoms with E-state index in [-0.39, 0.29) is 17.7 Å². The Morgan fingerprint density at radius 1 is 1.40 bits per heavy atom. The second-order valence-corrected chi connectivity index (χ2v) is 4.40. The first-order chi connectivity index (χ1) is 9.34. The van der Waals surface area contributed by atoms with Gasteiger partial charge >= 0.3 is 0 Å². The van der Waals surface area contributed by atoms with Crippen molar-refractivity contribution in [3.8, 4) is 0 Å². The van der Waals surface area contributed by atoms with E-state index in [0.29, 0.717) is 18.7 Å². The molecule has 5 nitrogen and oxygen atoms in total. The SMILES string of the molecule is C=C(O)[C@H](CCC)NC(=O)[C@H](C)N(C)C(=C)CN.CC. The summed E-state index contributed by atoms with van der Waals surface area (Å²) < 4.78 is 0. The van der Waals surface area contributed by atoms with Crippen molar-refractivity contribution in [1.29, 1.82) is 0 Å². The summed E-state index contributed by atoms with van der Waals surface area (Å²) in [5, 5.41) is 12.2. The van der Waals surface area contributed by atoms with Crippen molar-refractivity contribution in [2.45, 2.75) is 52.6 Å². The molecule has 0 aromatic carbocycles. The molecule has 0 aliphatic heterocycles. The van der Waals surface area contributed by atoms with Crippen LogP contribution < -0.4 is 11.1 Å². The average Bonchev–Trinajstić information content (AvgIpc) is 2.46. The van der Waals surface area contributed by atoms with E-state index in [1.165, 1.54) is 0 Å². The van der Waals surface area contributed by atoms with Crippen molar-refractivity contribution in [2.75, 3.05) is 13.6 Å². The van der Waals surface area contributed by atoms with Gasteiger partial charge in [-0.05, 0) is 13.3 Å². The van der Waals surface area contributed by atoms with Crippen LogP contribution in [-0.2, 0) is 4.79 Å². The van der Waals surface area contributed by atoms with Crippen LogP contribution in [-0.4, -0.2) is 41.6 Å². The summed E-state index contributed by atoms with van der Waals surface area (Å²) in [6, 6.07) is -0.788. The minimum atomic E-state index is -0.399. The van der Waals surface area contributed by atoms with E-state index < -0.39 is 6.04 Å². The minimum absolute atomic E-state index is 0.0160. The summed E-state index contributed by atoms with van der Waals surface area (Å²) >= 11 is 0. The van der Waals surface area contributed by atoms with Gasteiger partial charge in [-0.25, -0.2) is 0 Å². The van der Waals surface area contributed by atoms with Crippen LogP contribution in [0.3, 0.4) is 0 Å². The number of likely N-dealkylation sites (N-methyl/N-ethyl adjacent to an activating group) is 1. The maximum absolute atomic E-state index is 12.0. The molecule has 0 bridgehead atoms. The number of nitrogens with two attached hydrogens (primary N) is 1. The van der Waals surface area contributed by atoms with E-state index >= 15 is 0 Å². The van der Waals surface area contributed by atoms with Crippen molar-refractivity contribution in [3.63, 3.8) is 0 Å². The van der Waals surface area contributed by atoms with Crippen LogP contribution in [0.5, 0.6) is 0 Å². The van der Waals surface area contributed by atoms with E-state index in [0.717, 1.165) is 6.42 Å². The lowest BCUT2D eigenvalue weighted by atomic mass is 10.1. The third-order valence-electron chi connectivity index (χ3n) is 2.99. The molecule has 0 unspecified atom stereocenters. The summed E-state index contributed by atoms with van der Waals surface area (Å²) in [6.07, 6.45) is 1.51. The fraction of sp³-hybridized carbons (Fsp3) is 0.667. The Hall–Kier alpha value is -1.49. The van der Waals surface area contributed by atoms with Crippen molar-refractivity contribution >= 4 is 5.91 Å². The topological polar surface area (TPSA) is 78.6 Å². The van der Waals surface area contributed by atoms with Crippen LogP contribution in [0.15, 0.2) is 24.6 Å². The highest BCUT2D eigenvalue weighted by Gasteiger charge is 2.22. The summed E-state index contributed by atoms with van der Waals surface area (Å²) in [5.74, 6) is -0.196. The highest BCUT2D eigenvalue weighted by atomic mass is 16.3. The fourth-order valence-electron chi connectivity index (χ4n) is 1.50. The molecule has 0 rings (SSSR count). The highest BCUT2D eigenvalue weighted by Crippen LogP contribution is 2.07. The maximum Gasteiger partial charge on any atom is 0.242 e. The Morgan fingerprint density at radius 3 is 2.25 bits per heavy atom. The molecule has 0 spiro atoms. The normalized spacial score (nSPS) is 12.5. The molecule has 0 fully saturated rings. The van der Waals surface area contributed by atoms with Crippen molar-refractivity contribution in [1.82, 2.24) is 10.2 Å². The standard InChI is InChI=1S/C13H25N3O2.C2H6/c1-6-7-12(11(4)17)15-13(18)10(3)16(5)9(2)8-14;1-2/h10,12,17H,2,4,6-8,14H2,1,3,5H3,(H,15,18);1-2H3/t10-,12-;/m0./s1. The van der Waals surface area contributed by atoms with Crippen LogP contribution in [0.25, 0.3) is 0 Å². The first kappa shape index (κ1) is 20.8. The number of amides is 1. The predicted molar refractivity (Wildman–Crippen MR) is 85.4 cm³/mol. The Kier molecular flexibility index (Phi) is 11.8. The number of carbonyl (C=O) groups is 1. The first-order valence-electron chi connectivity index (χ1n) is 7.13. The van der Waals surface area contributed by atoms with E-state index in [9.17, 15) is 9.90 Å². The summed E-state index contributed by atoms with van der Waals surface area (Å²) in [6.45, 7) is 15.3. The Balaban J connectivity index is 0. The first-order valence-corrected chi connectivity index (χ1v) is 7.13. The summed E-state index contributed by atoms with van der Waals surface area (Å²) in [7, 11) is 1.77. The third kappa shape index (κ3) is 7.19. The molecule has 0 heterocycles. The number of aliphatic hydroxyl groups is 1. The van der Waals surface area contributed by atoms with Crippen LogP contribution in [0.1, 0.15) is 40.5 Å². The number of nitrogens with one attached hydrogen (secondary N) is 1. The van der Waals surface area contributed by atoms with Gasteiger partial charge in [-0.1, -0.05) is 40.3 Å². The molecule has 0 aliphatic rings. The van der Waals surface area contributed by atoms with Crippen molar-refractivity contribution in [3.05, 3.63) is 24.6 Å². The molecular weight excluding hydrogens is 254 g/mol. The van der Waals surface area contributed by atoms with Gasteiger partial charge < -0.3 is 21.1 Å². The van der Waals surface area contributed by atoms with Gasteiger partial charge in [0.15, 0.2) is 0 Å². The number of hydrogen-bond acceptors (Lipinski definition) is 4. The molecule has 0 radical (unpaired) electrons. The van der Waals surface area contributed by atoms with Gasteiger partial charge in [-0.2, -0.15) is 0 Å². The summed E-state index contributed by atoms with van der Waals surface area (Å²) in [5.41, 5.74) is 6.17. The van der Waals surface area contributed by atoms with Gasteiger partial charge in [0.05, 0.1) is 6.04 Å². The molecule has 0 saturated carbocycles. The maximum atomic E-state index is 12.0. The second kappa shape index (κ2) is 11.3. The zero-order chi connectivity index (χ0) is 16.3. The quantitative estimate of drug-likeness (QED) is 0.597. The largest absolute Gasteiger partial charge is 0.511 e. The fourth-order valence-corrected chi connectivity index (χ4v) is 1.50. The molecule has 5 heteroatoms. The average molecular weight is 285 g/mol. The Labute approximate surface area is 123 Å². The molecule has 1 amide bonds. The number of carbonyl (C=O) groups excluding carboxylic acids is 1. The van der Waals surface area contributed by atoms with Gasteiger partial charge in [-0.3, -0.25) is 4.79 Å². The molecule has 0 aromatic heterocycles. The van der Waals surface area contributed by atoms with Crippen molar-refractivity contribution < 1.29 is 9.90 Å². The van der Waals surface area contributed by atoms with E-state index in [4.69, 9.17) is 5.73 Å². The van der Waals surface area contributed by atoms with Crippen LogP contribution >= 0.6 is 0 Å². The van der Waals surface area contributed by atoms with E-state index in [2.05, 4.69) is 18.5 Å². The van der Waals surface area contributed by atoms with Crippen LogP contribution in [0.2, 0.25) is 0 Å². The van der Waals surface area contributed by atoms with Gasteiger partial charge in [0.25, 0.3) is 0 Å². The monoisotopic (exact) mass is 285 g/mol. The predicted octanol–water partition coefficient (Wildman–Crippen LogP) is 2.16. The lowest BCUT2D eigenvalue weighted by molar-refractivity contribution is -0.125. The summed E-state index contributed by atoms with van der Waals surface area (Å²) in [4.78, 5) is 13.7. The Bertz CT molecular complexity index is 316. The van der Waals surface area contributed by atoms with Gasteiger partial charge in [0.1, 0.15) is 11.8 Å². The smallest absolute Gasteiger partial charge is 0.242 e. The van der Waals surface area contributed by atoms with Gasteiger partial charge in [0, 0.05) is 19.3 Å². The number of nitrogens with zero attached hydrogens (tertiary/aromatic N) is 1. The molecule has 4 N–H and O–H groups in total. The zero-order valence-corrected chi connectivity index (χ0v) is 13.6. The number of aliphatic hydroxyl groups excluding tert-OH is 1. The van der Waals surface area contributed by atoms with Gasteiger partial charge in [0.2, 0.25) is 5.91 Å². The van der Waals surface area contributed by atoms with Crippen LogP contribution in [0.4, 0.5) is 0 Å². The third-order valence-corrected chi connectivity index (χ3v) is 2.99. The number of rotatable bonds is 8. The molecular formula is C15H31N3O2.